The normalized spacial score (nSPS) is 12.6. The molecule has 178 valence electrons. The number of ketones is 1. The number of carbonyl (C=O) groups is 1. The number of halogens is 1. The molecule has 0 saturated heterocycles. The van der Waals surface area contributed by atoms with Crippen LogP contribution in [0.4, 0.5) is 4.39 Å². The lowest BCUT2D eigenvalue weighted by molar-refractivity contribution is 0.0944. The third-order valence-electron chi connectivity index (χ3n) is 6.62. The number of hydrogen-bond donors (Lipinski definition) is 0. The van der Waals surface area contributed by atoms with Crippen LogP contribution in [0.1, 0.15) is 89.8 Å². The van der Waals surface area contributed by atoms with Crippen LogP contribution in [-0.4, -0.2) is 26.2 Å². The number of hydrogen-bond acceptors (Lipinski definition) is 4. The Balaban J connectivity index is 2.60. The summed E-state index contributed by atoms with van der Waals surface area (Å²) in [7, 11) is 1.61. The van der Waals surface area contributed by atoms with E-state index < -0.39 is 11.5 Å². The van der Waals surface area contributed by atoms with Gasteiger partial charge in [-0.15, -0.1) is 5.10 Å². The maximum Gasteiger partial charge on any atom is 0.350 e. The van der Waals surface area contributed by atoms with E-state index in [4.69, 9.17) is 4.74 Å². The second kappa shape index (κ2) is 11.4. The molecule has 2 aromatic rings. The SMILES string of the molecule is CCc1nn(-c2cc(OC(C)C(CC)CC)c(C(=O)CC(CC)CC)cc2F)c(=O)n1C. The highest BCUT2D eigenvalue weighted by Gasteiger charge is 2.25. The van der Waals surface area contributed by atoms with Crippen molar-refractivity contribution in [2.75, 3.05) is 0 Å². The second-order valence-electron chi connectivity index (χ2n) is 8.53. The fraction of sp³-hybridized carbons (Fsp3) is 0.640. The van der Waals surface area contributed by atoms with Crippen LogP contribution in [0.2, 0.25) is 0 Å². The summed E-state index contributed by atoms with van der Waals surface area (Å²) in [5.74, 6) is 0.597. The fourth-order valence-electron chi connectivity index (χ4n) is 4.16. The van der Waals surface area contributed by atoms with Crippen molar-refractivity contribution < 1.29 is 13.9 Å². The Hall–Kier alpha value is -2.44. The van der Waals surface area contributed by atoms with Crippen LogP contribution < -0.4 is 10.4 Å². The van der Waals surface area contributed by atoms with Crippen molar-refractivity contribution in [3.8, 4) is 11.4 Å². The first-order chi connectivity index (χ1) is 15.2. The van der Waals surface area contributed by atoms with Crippen molar-refractivity contribution in [1.82, 2.24) is 14.3 Å². The molecule has 0 radical (unpaired) electrons. The van der Waals surface area contributed by atoms with Crippen LogP contribution in [0.25, 0.3) is 5.69 Å². The highest BCUT2D eigenvalue weighted by molar-refractivity contribution is 5.99. The molecular weight excluding hydrogens is 409 g/mol. The van der Waals surface area contributed by atoms with E-state index >= 15 is 4.39 Å². The number of benzene rings is 1. The smallest absolute Gasteiger partial charge is 0.350 e. The Bertz CT molecular complexity index is 972. The number of aryl methyl sites for hydroxylation is 1. The maximum absolute atomic E-state index is 15.2. The summed E-state index contributed by atoms with van der Waals surface area (Å²) in [6.45, 7) is 12.2. The molecule has 0 saturated carbocycles. The monoisotopic (exact) mass is 447 g/mol. The van der Waals surface area contributed by atoms with Gasteiger partial charge in [-0.05, 0) is 37.7 Å². The summed E-state index contributed by atoms with van der Waals surface area (Å²) < 4.78 is 23.9. The molecule has 0 spiro atoms. The van der Waals surface area contributed by atoms with Crippen molar-refractivity contribution >= 4 is 5.78 Å². The van der Waals surface area contributed by atoms with Gasteiger partial charge in [0.1, 0.15) is 23.1 Å². The Morgan fingerprint density at radius 1 is 1.09 bits per heavy atom. The first kappa shape index (κ1) is 25.8. The van der Waals surface area contributed by atoms with Crippen molar-refractivity contribution in [1.29, 1.82) is 0 Å². The summed E-state index contributed by atoms with van der Waals surface area (Å²) in [6.07, 6.45) is 4.35. The zero-order valence-electron chi connectivity index (χ0n) is 20.6. The van der Waals surface area contributed by atoms with Gasteiger partial charge in [-0.3, -0.25) is 9.36 Å². The molecule has 0 aliphatic heterocycles. The average Bonchev–Trinajstić information content (AvgIpc) is 3.07. The summed E-state index contributed by atoms with van der Waals surface area (Å²) in [5, 5.41) is 4.28. The van der Waals surface area contributed by atoms with Gasteiger partial charge in [-0.2, -0.15) is 4.68 Å². The van der Waals surface area contributed by atoms with Crippen LogP contribution in [0.3, 0.4) is 0 Å². The Morgan fingerprint density at radius 2 is 1.72 bits per heavy atom. The minimum atomic E-state index is -0.664. The number of Topliss-reactive ketones (excluding diaryl/α,β-unsaturated/α-hetero) is 1. The molecule has 0 aliphatic rings. The molecule has 1 heterocycles. The molecule has 2 rings (SSSR count). The minimum absolute atomic E-state index is 0.00358. The van der Waals surface area contributed by atoms with E-state index in [9.17, 15) is 9.59 Å². The third-order valence-corrected chi connectivity index (χ3v) is 6.62. The number of nitrogens with zero attached hydrogens (tertiary/aromatic N) is 3. The molecule has 1 aromatic heterocycles. The minimum Gasteiger partial charge on any atom is -0.490 e. The Morgan fingerprint density at radius 3 is 2.22 bits per heavy atom. The van der Waals surface area contributed by atoms with E-state index in [1.807, 2.05) is 13.8 Å². The molecule has 1 unspecified atom stereocenters. The van der Waals surface area contributed by atoms with Crippen LogP contribution in [0.15, 0.2) is 16.9 Å². The summed E-state index contributed by atoms with van der Waals surface area (Å²) >= 11 is 0. The van der Waals surface area contributed by atoms with Gasteiger partial charge in [-0.25, -0.2) is 9.18 Å². The average molecular weight is 448 g/mol. The number of ether oxygens (including phenoxy) is 1. The Kier molecular flexibility index (Phi) is 9.22. The Labute approximate surface area is 190 Å². The quantitative estimate of drug-likeness (QED) is 0.404. The van der Waals surface area contributed by atoms with Crippen molar-refractivity contribution in [3.05, 3.63) is 39.8 Å². The van der Waals surface area contributed by atoms with E-state index in [0.29, 0.717) is 30.3 Å². The standard InChI is InChI=1S/C25H38FN3O3/c1-8-17(9-2)13-22(30)19-14-20(26)21(29-25(31)28(7)24(12-5)27-29)15-23(19)32-16(6)18(10-3)11-4/h14-18H,8-13H2,1-7H3. The zero-order chi connectivity index (χ0) is 24.0. The molecule has 0 amide bonds. The van der Waals surface area contributed by atoms with Crippen LogP contribution in [0.5, 0.6) is 5.75 Å². The second-order valence-corrected chi connectivity index (χ2v) is 8.53. The van der Waals surface area contributed by atoms with E-state index in [1.165, 1.54) is 16.7 Å². The molecule has 32 heavy (non-hydrogen) atoms. The van der Waals surface area contributed by atoms with Crippen molar-refractivity contribution in [2.24, 2.45) is 18.9 Å². The van der Waals surface area contributed by atoms with Crippen LogP contribution in [0, 0.1) is 17.7 Å². The molecular formula is C25H38FN3O3. The molecule has 7 heteroatoms. The summed E-state index contributed by atoms with van der Waals surface area (Å²) in [5.41, 5.74) is -0.206. The molecule has 0 bridgehead atoms. The first-order valence-corrected chi connectivity index (χ1v) is 11.9. The van der Waals surface area contributed by atoms with Gasteiger partial charge in [0.25, 0.3) is 0 Å². The first-order valence-electron chi connectivity index (χ1n) is 11.9. The largest absolute Gasteiger partial charge is 0.490 e. The van der Waals surface area contributed by atoms with Crippen molar-refractivity contribution in [3.63, 3.8) is 0 Å². The highest BCUT2D eigenvalue weighted by atomic mass is 19.1. The van der Waals surface area contributed by atoms with Gasteiger partial charge in [0.2, 0.25) is 0 Å². The van der Waals surface area contributed by atoms with Gasteiger partial charge in [0, 0.05) is 26.0 Å². The summed E-state index contributed by atoms with van der Waals surface area (Å²) in [6, 6.07) is 2.67. The predicted molar refractivity (Wildman–Crippen MR) is 125 cm³/mol. The predicted octanol–water partition coefficient (Wildman–Crippen LogP) is 5.49. The lowest BCUT2D eigenvalue weighted by atomic mass is 9.93. The van der Waals surface area contributed by atoms with Gasteiger partial charge in [0.05, 0.1) is 11.7 Å². The van der Waals surface area contributed by atoms with Gasteiger partial charge in [-0.1, -0.05) is 47.5 Å². The maximum atomic E-state index is 15.2. The molecule has 0 fully saturated rings. The molecule has 0 aliphatic carbocycles. The topological polar surface area (TPSA) is 66.1 Å². The number of carbonyl (C=O) groups excluding carboxylic acids is 1. The molecule has 1 atom stereocenters. The van der Waals surface area contributed by atoms with Crippen LogP contribution in [-0.2, 0) is 13.5 Å². The highest BCUT2D eigenvalue weighted by Crippen LogP contribution is 2.30. The van der Waals surface area contributed by atoms with Crippen LogP contribution >= 0.6 is 0 Å². The lowest BCUT2D eigenvalue weighted by Crippen LogP contribution is -2.25. The van der Waals surface area contributed by atoms with E-state index in [0.717, 1.165) is 30.4 Å². The van der Waals surface area contributed by atoms with E-state index in [2.05, 4.69) is 32.8 Å². The van der Waals surface area contributed by atoms with E-state index in [-0.39, 0.29) is 29.1 Å². The molecule has 0 N–H and O–H groups in total. The number of aromatic nitrogens is 3. The zero-order valence-corrected chi connectivity index (χ0v) is 20.6. The van der Waals surface area contributed by atoms with Gasteiger partial charge >= 0.3 is 5.69 Å². The lowest BCUT2D eigenvalue weighted by Gasteiger charge is -2.24. The van der Waals surface area contributed by atoms with Gasteiger partial charge < -0.3 is 4.74 Å². The summed E-state index contributed by atoms with van der Waals surface area (Å²) in [4.78, 5) is 25.8. The van der Waals surface area contributed by atoms with Gasteiger partial charge in [0.15, 0.2) is 5.78 Å². The fourth-order valence-corrected chi connectivity index (χ4v) is 4.16. The van der Waals surface area contributed by atoms with E-state index in [1.54, 1.807) is 7.05 Å². The third kappa shape index (κ3) is 5.48. The molecule has 6 nitrogen and oxygen atoms in total. The van der Waals surface area contributed by atoms with Crippen molar-refractivity contribution in [2.45, 2.75) is 86.2 Å². The number of rotatable bonds is 12. The molecule has 1 aromatic carbocycles.